The number of ether oxygens (including phenoxy) is 1. The molecule has 1 aliphatic rings. The Morgan fingerprint density at radius 1 is 1.19 bits per heavy atom. The molecule has 4 heteroatoms. The van der Waals surface area contributed by atoms with Crippen molar-refractivity contribution in [3.8, 4) is 11.5 Å². The second-order valence-electron chi connectivity index (χ2n) is 5.42. The van der Waals surface area contributed by atoms with E-state index in [4.69, 9.17) is 4.74 Å². The van der Waals surface area contributed by atoms with Crippen LogP contribution in [0.1, 0.15) is 24.3 Å². The van der Waals surface area contributed by atoms with E-state index in [1.807, 2.05) is 12.1 Å². The first-order valence-corrected chi connectivity index (χ1v) is 7.84. The Bertz CT molecular complexity index is 638. The third-order valence-electron chi connectivity index (χ3n) is 4.03. The van der Waals surface area contributed by atoms with Crippen LogP contribution in [-0.4, -0.2) is 18.3 Å². The number of benzene rings is 2. The van der Waals surface area contributed by atoms with Gasteiger partial charge in [0.15, 0.2) is 11.5 Å². The predicted octanol–water partition coefficient (Wildman–Crippen LogP) is 4.52. The molecule has 110 valence electrons. The number of rotatable bonds is 4. The number of phenols is 1. The first-order chi connectivity index (χ1) is 10.2. The van der Waals surface area contributed by atoms with Crippen molar-refractivity contribution in [2.75, 3.05) is 12.4 Å². The number of nitrogens with one attached hydrogen (secondary N) is 1. The molecule has 0 aliphatic heterocycles. The standard InChI is InChI=1S/C17H18BrNO2/c1-21-17-7-6-12(10-16(17)20)19-13-8-11(9-13)14-4-2-3-5-15(14)18/h2-7,10-11,13,19-20H,8-9H2,1H3. The molecule has 2 aromatic carbocycles. The third-order valence-corrected chi connectivity index (χ3v) is 4.75. The Morgan fingerprint density at radius 2 is 1.95 bits per heavy atom. The number of aromatic hydroxyl groups is 1. The number of hydrogen-bond acceptors (Lipinski definition) is 3. The first kappa shape index (κ1) is 14.3. The highest BCUT2D eigenvalue weighted by Gasteiger charge is 2.31. The molecular formula is C17H18BrNO2. The maximum Gasteiger partial charge on any atom is 0.160 e. The highest BCUT2D eigenvalue weighted by Crippen LogP contribution is 2.41. The largest absolute Gasteiger partial charge is 0.504 e. The Morgan fingerprint density at radius 3 is 2.62 bits per heavy atom. The minimum absolute atomic E-state index is 0.171. The number of hydrogen-bond donors (Lipinski definition) is 2. The Hall–Kier alpha value is -1.68. The van der Waals surface area contributed by atoms with Crippen molar-refractivity contribution in [2.45, 2.75) is 24.8 Å². The Kier molecular flexibility index (Phi) is 4.06. The number of phenolic OH excluding ortho intramolecular Hbond substituents is 1. The third kappa shape index (κ3) is 3.00. The SMILES string of the molecule is COc1ccc(NC2CC(c3ccccc3Br)C2)cc1O. The van der Waals surface area contributed by atoms with Gasteiger partial charge in [0.05, 0.1) is 7.11 Å². The van der Waals surface area contributed by atoms with E-state index in [9.17, 15) is 5.11 Å². The molecule has 0 heterocycles. The lowest BCUT2D eigenvalue weighted by Crippen LogP contribution is -2.34. The molecule has 0 aromatic heterocycles. The fourth-order valence-electron chi connectivity index (χ4n) is 2.81. The molecule has 1 aliphatic carbocycles. The molecule has 0 amide bonds. The molecule has 1 saturated carbocycles. The van der Waals surface area contributed by atoms with Gasteiger partial charge in [-0.25, -0.2) is 0 Å². The minimum Gasteiger partial charge on any atom is -0.504 e. The normalized spacial score (nSPS) is 20.7. The zero-order valence-electron chi connectivity index (χ0n) is 11.8. The summed E-state index contributed by atoms with van der Waals surface area (Å²) in [7, 11) is 1.55. The summed E-state index contributed by atoms with van der Waals surface area (Å²) in [6, 6.07) is 14.3. The van der Waals surface area contributed by atoms with E-state index in [1.165, 1.54) is 10.0 Å². The van der Waals surface area contributed by atoms with Gasteiger partial charge in [-0.3, -0.25) is 0 Å². The van der Waals surface area contributed by atoms with Gasteiger partial charge in [-0.15, -0.1) is 0 Å². The molecule has 0 bridgehead atoms. The van der Waals surface area contributed by atoms with Crippen LogP contribution in [0.15, 0.2) is 46.9 Å². The number of methoxy groups -OCH3 is 1. The average molecular weight is 348 g/mol. The van der Waals surface area contributed by atoms with Gasteiger partial charge in [-0.2, -0.15) is 0 Å². The van der Waals surface area contributed by atoms with Crippen LogP contribution in [0.2, 0.25) is 0 Å². The summed E-state index contributed by atoms with van der Waals surface area (Å²) in [5, 5.41) is 13.2. The molecule has 3 nitrogen and oxygen atoms in total. The summed E-state index contributed by atoms with van der Waals surface area (Å²) in [4.78, 5) is 0. The lowest BCUT2D eigenvalue weighted by atomic mass is 9.76. The quantitative estimate of drug-likeness (QED) is 0.854. The lowest BCUT2D eigenvalue weighted by Gasteiger charge is -2.37. The van der Waals surface area contributed by atoms with Gasteiger partial charge in [0, 0.05) is 22.3 Å². The van der Waals surface area contributed by atoms with Crippen LogP contribution < -0.4 is 10.1 Å². The van der Waals surface area contributed by atoms with E-state index in [1.54, 1.807) is 19.2 Å². The van der Waals surface area contributed by atoms with Gasteiger partial charge in [0.2, 0.25) is 0 Å². The van der Waals surface area contributed by atoms with E-state index in [0.717, 1.165) is 18.5 Å². The molecule has 3 rings (SSSR count). The summed E-state index contributed by atoms with van der Waals surface area (Å²) in [5.74, 6) is 1.27. The smallest absolute Gasteiger partial charge is 0.160 e. The van der Waals surface area contributed by atoms with Crippen molar-refractivity contribution >= 4 is 21.6 Å². The molecule has 0 spiro atoms. The van der Waals surface area contributed by atoms with E-state index in [2.05, 4.69) is 39.4 Å². The highest BCUT2D eigenvalue weighted by molar-refractivity contribution is 9.10. The topological polar surface area (TPSA) is 41.5 Å². The molecule has 0 atom stereocenters. The lowest BCUT2D eigenvalue weighted by molar-refractivity contribution is 0.369. The molecule has 1 fully saturated rings. The average Bonchev–Trinajstić information content (AvgIpc) is 2.44. The van der Waals surface area contributed by atoms with Gasteiger partial charge in [-0.1, -0.05) is 34.1 Å². The molecule has 2 aromatic rings. The predicted molar refractivity (Wildman–Crippen MR) is 88.2 cm³/mol. The summed E-state index contributed by atoms with van der Waals surface area (Å²) in [6.07, 6.45) is 2.21. The summed E-state index contributed by atoms with van der Waals surface area (Å²) >= 11 is 3.62. The second-order valence-corrected chi connectivity index (χ2v) is 6.27. The van der Waals surface area contributed by atoms with Crippen LogP contribution in [-0.2, 0) is 0 Å². The molecule has 2 N–H and O–H groups in total. The van der Waals surface area contributed by atoms with E-state index in [0.29, 0.717) is 17.7 Å². The fraction of sp³-hybridized carbons (Fsp3) is 0.294. The Labute approximate surface area is 133 Å². The van der Waals surface area contributed by atoms with Crippen molar-refractivity contribution in [1.29, 1.82) is 0 Å². The van der Waals surface area contributed by atoms with E-state index < -0.39 is 0 Å². The van der Waals surface area contributed by atoms with Crippen molar-refractivity contribution in [2.24, 2.45) is 0 Å². The van der Waals surface area contributed by atoms with Gasteiger partial charge in [-0.05, 0) is 42.5 Å². The van der Waals surface area contributed by atoms with Crippen LogP contribution in [0.25, 0.3) is 0 Å². The second kappa shape index (κ2) is 5.98. The highest BCUT2D eigenvalue weighted by atomic mass is 79.9. The van der Waals surface area contributed by atoms with E-state index in [-0.39, 0.29) is 5.75 Å². The number of anilines is 1. The maximum absolute atomic E-state index is 9.79. The van der Waals surface area contributed by atoms with E-state index >= 15 is 0 Å². The monoisotopic (exact) mass is 347 g/mol. The molecule has 0 unspecified atom stereocenters. The molecule has 21 heavy (non-hydrogen) atoms. The minimum atomic E-state index is 0.171. The van der Waals surface area contributed by atoms with Gasteiger partial charge in [0.25, 0.3) is 0 Å². The van der Waals surface area contributed by atoms with Crippen LogP contribution in [0.4, 0.5) is 5.69 Å². The van der Waals surface area contributed by atoms with Gasteiger partial charge in [0.1, 0.15) is 0 Å². The first-order valence-electron chi connectivity index (χ1n) is 7.05. The van der Waals surface area contributed by atoms with Gasteiger partial charge < -0.3 is 15.2 Å². The Balaban J connectivity index is 1.60. The van der Waals surface area contributed by atoms with Gasteiger partial charge >= 0.3 is 0 Å². The summed E-state index contributed by atoms with van der Waals surface area (Å²) in [6.45, 7) is 0. The van der Waals surface area contributed by atoms with Crippen molar-refractivity contribution < 1.29 is 9.84 Å². The summed E-state index contributed by atoms with van der Waals surface area (Å²) in [5.41, 5.74) is 2.32. The maximum atomic E-state index is 9.79. The van der Waals surface area contributed by atoms with Crippen molar-refractivity contribution in [3.63, 3.8) is 0 Å². The van der Waals surface area contributed by atoms with Crippen molar-refractivity contribution in [3.05, 3.63) is 52.5 Å². The number of halogens is 1. The zero-order chi connectivity index (χ0) is 14.8. The van der Waals surface area contributed by atoms with Crippen LogP contribution in [0.5, 0.6) is 11.5 Å². The zero-order valence-corrected chi connectivity index (χ0v) is 13.4. The molecule has 0 saturated heterocycles. The molecule has 0 radical (unpaired) electrons. The van der Waals surface area contributed by atoms with Crippen LogP contribution in [0, 0.1) is 0 Å². The van der Waals surface area contributed by atoms with Crippen LogP contribution >= 0.6 is 15.9 Å². The van der Waals surface area contributed by atoms with Crippen LogP contribution in [0.3, 0.4) is 0 Å². The van der Waals surface area contributed by atoms with Crippen molar-refractivity contribution in [1.82, 2.24) is 0 Å². The molecular weight excluding hydrogens is 330 g/mol. The fourth-order valence-corrected chi connectivity index (χ4v) is 3.42. The summed E-state index contributed by atoms with van der Waals surface area (Å²) < 4.78 is 6.24.